The van der Waals surface area contributed by atoms with E-state index in [0.29, 0.717) is 11.3 Å². The topological polar surface area (TPSA) is 97.1 Å². The zero-order valence-corrected chi connectivity index (χ0v) is 8.72. The lowest BCUT2D eigenvalue weighted by Gasteiger charge is -2.08. The summed E-state index contributed by atoms with van der Waals surface area (Å²) in [6, 6.07) is 1.64. The molecule has 0 aliphatic rings. The Morgan fingerprint density at radius 2 is 2.14 bits per heavy atom. The number of rotatable bonds is 3. The molecular formula is C7H12N4O2S. The summed E-state index contributed by atoms with van der Waals surface area (Å²) < 4.78 is 26.6. The van der Waals surface area contributed by atoms with Crippen molar-refractivity contribution < 1.29 is 8.42 Å². The molecule has 0 aliphatic carbocycles. The van der Waals surface area contributed by atoms with Crippen LogP contribution in [0, 0.1) is 6.92 Å². The molecule has 0 aliphatic heterocycles. The van der Waals surface area contributed by atoms with E-state index >= 15 is 0 Å². The minimum atomic E-state index is -3.51. The van der Waals surface area contributed by atoms with E-state index in [2.05, 4.69) is 14.4 Å². The van der Waals surface area contributed by atoms with E-state index in [1.165, 1.54) is 13.2 Å². The number of hydrogen-bond acceptors (Lipinski definition) is 4. The lowest BCUT2D eigenvalue weighted by Crippen LogP contribution is -2.27. The minimum absolute atomic E-state index is 0.272. The lowest BCUT2D eigenvalue weighted by atomic mass is 10.3. The van der Waals surface area contributed by atoms with Gasteiger partial charge in [-0.25, -0.2) is 9.71 Å². The highest BCUT2D eigenvalue weighted by Gasteiger charge is 2.09. The van der Waals surface area contributed by atoms with Crippen LogP contribution >= 0.6 is 0 Å². The Morgan fingerprint density at radius 1 is 1.50 bits per heavy atom. The first-order chi connectivity index (χ1) is 6.44. The quantitative estimate of drug-likeness (QED) is 0.654. The van der Waals surface area contributed by atoms with Crippen molar-refractivity contribution in [1.29, 1.82) is 0 Å². The van der Waals surface area contributed by atoms with Crippen LogP contribution < -0.4 is 15.2 Å². The van der Waals surface area contributed by atoms with Crippen LogP contribution in [0.3, 0.4) is 0 Å². The molecular weight excluding hydrogens is 204 g/mol. The van der Waals surface area contributed by atoms with Gasteiger partial charge in [0, 0.05) is 7.05 Å². The number of aryl methyl sites for hydroxylation is 1. The number of pyridine rings is 1. The molecule has 0 fully saturated rings. The molecule has 4 N–H and O–H groups in total. The Bertz CT molecular complexity index is 429. The molecule has 1 aromatic heterocycles. The second-order valence-electron chi connectivity index (χ2n) is 2.74. The molecule has 0 bridgehead atoms. The van der Waals surface area contributed by atoms with E-state index < -0.39 is 10.2 Å². The number of hydrogen-bond donors (Lipinski definition) is 3. The number of anilines is 2. The van der Waals surface area contributed by atoms with Gasteiger partial charge in [-0.05, 0) is 18.6 Å². The van der Waals surface area contributed by atoms with E-state index in [1.54, 1.807) is 13.0 Å². The standard InChI is InChI=1S/C7H12N4O2S/c1-5-3-6(8)4-10-7(5)11-14(12,13)9-2/h3-4,9H,8H2,1-2H3,(H,10,11). The van der Waals surface area contributed by atoms with Crippen molar-refractivity contribution in [3.8, 4) is 0 Å². The van der Waals surface area contributed by atoms with Crippen molar-refractivity contribution in [1.82, 2.24) is 9.71 Å². The number of nitrogens with zero attached hydrogens (tertiary/aromatic N) is 1. The maximum Gasteiger partial charge on any atom is 0.300 e. The van der Waals surface area contributed by atoms with Crippen molar-refractivity contribution in [3.05, 3.63) is 17.8 Å². The summed E-state index contributed by atoms with van der Waals surface area (Å²) in [7, 11) is -2.20. The van der Waals surface area contributed by atoms with Crippen LogP contribution in [-0.2, 0) is 10.2 Å². The van der Waals surface area contributed by atoms with Gasteiger partial charge >= 0.3 is 0 Å². The molecule has 0 spiro atoms. The van der Waals surface area contributed by atoms with Gasteiger partial charge in [-0.3, -0.25) is 4.72 Å². The first-order valence-electron chi connectivity index (χ1n) is 3.88. The number of nitrogens with two attached hydrogens (primary N) is 1. The number of nitrogen functional groups attached to an aromatic ring is 1. The molecule has 1 heterocycles. The maximum absolute atomic E-state index is 11.1. The highest BCUT2D eigenvalue weighted by molar-refractivity contribution is 7.90. The summed E-state index contributed by atoms with van der Waals surface area (Å²) in [5.41, 5.74) is 6.63. The Morgan fingerprint density at radius 3 is 2.64 bits per heavy atom. The largest absolute Gasteiger partial charge is 0.397 e. The van der Waals surface area contributed by atoms with Crippen molar-refractivity contribution in [3.63, 3.8) is 0 Å². The van der Waals surface area contributed by atoms with Gasteiger partial charge in [0.05, 0.1) is 11.9 Å². The Balaban J connectivity index is 2.99. The normalized spacial score (nSPS) is 11.3. The number of aromatic nitrogens is 1. The fourth-order valence-electron chi connectivity index (χ4n) is 0.882. The second-order valence-corrected chi connectivity index (χ2v) is 4.36. The average Bonchev–Trinajstić information content (AvgIpc) is 2.10. The molecule has 14 heavy (non-hydrogen) atoms. The second kappa shape index (κ2) is 3.81. The van der Waals surface area contributed by atoms with Crippen LogP contribution in [0.4, 0.5) is 11.5 Å². The van der Waals surface area contributed by atoms with Crippen LogP contribution in [0.15, 0.2) is 12.3 Å². The third-order valence-corrected chi connectivity index (χ3v) is 2.60. The van der Waals surface area contributed by atoms with Gasteiger partial charge < -0.3 is 5.73 Å². The molecule has 0 saturated carbocycles. The van der Waals surface area contributed by atoms with E-state index in [-0.39, 0.29) is 5.82 Å². The van der Waals surface area contributed by atoms with E-state index in [4.69, 9.17) is 5.73 Å². The molecule has 1 rings (SSSR count). The first kappa shape index (κ1) is 10.7. The van der Waals surface area contributed by atoms with Crippen molar-refractivity contribution in [2.24, 2.45) is 0 Å². The molecule has 0 atom stereocenters. The van der Waals surface area contributed by atoms with Gasteiger partial charge in [0.15, 0.2) is 0 Å². The zero-order chi connectivity index (χ0) is 10.8. The Labute approximate surface area is 82.7 Å². The molecule has 0 radical (unpaired) electrons. The number of nitrogens with one attached hydrogen (secondary N) is 2. The fraction of sp³-hybridized carbons (Fsp3) is 0.286. The van der Waals surface area contributed by atoms with Crippen LogP contribution in [-0.4, -0.2) is 20.4 Å². The van der Waals surface area contributed by atoms with Gasteiger partial charge in [0.25, 0.3) is 10.2 Å². The molecule has 0 saturated heterocycles. The molecule has 7 heteroatoms. The average molecular weight is 216 g/mol. The summed E-state index contributed by atoms with van der Waals surface area (Å²) >= 11 is 0. The van der Waals surface area contributed by atoms with Crippen LogP contribution in [0.5, 0.6) is 0 Å². The van der Waals surface area contributed by atoms with E-state index in [1.807, 2.05) is 0 Å². The van der Waals surface area contributed by atoms with Gasteiger partial charge in [-0.15, -0.1) is 0 Å². The first-order valence-corrected chi connectivity index (χ1v) is 5.36. The summed E-state index contributed by atoms with van der Waals surface area (Å²) in [6.45, 7) is 1.72. The van der Waals surface area contributed by atoms with E-state index in [9.17, 15) is 8.42 Å². The smallest absolute Gasteiger partial charge is 0.300 e. The zero-order valence-electron chi connectivity index (χ0n) is 7.90. The molecule has 0 unspecified atom stereocenters. The van der Waals surface area contributed by atoms with Crippen LogP contribution in [0.2, 0.25) is 0 Å². The minimum Gasteiger partial charge on any atom is -0.397 e. The summed E-state index contributed by atoms with van der Waals surface area (Å²) in [4.78, 5) is 3.86. The molecule has 0 amide bonds. The fourth-order valence-corrected chi connectivity index (χ4v) is 1.45. The predicted molar refractivity (Wildman–Crippen MR) is 55.0 cm³/mol. The van der Waals surface area contributed by atoms with Crippen molar-refractivity contribution in [2.75, 3.05) is 17.5 Å². The third-order valence-electron chi connectivity index (χ3n) is 1.60. The predicted octanol–water partition coefficient (Wildman–Crippen LogP) is -0.152. The van der Waals surface area contributed by atoms with Crippen LogP contribution in [0.25, 0.3) is 0 Å². The van der Waals surface area contributed by atoms with Gasteiger partial charge in [-0.2, -0.15) is 8.42 Å². The highest BCUT2D eigenvalue weighted by atomic mass is 32.2. The Hall–Kier alpha value is -1.34. The van der Waals surface area contributed by atoms with Gasteiger partial charge in [-0.1, -0.05) is 0 Å². The van der Waals surface area contributed by atoms with Gasteiger partial charge in [0.2, 0.25) is 0 Å². The maximum atomic E-state index is 11.1. The highest BCUT2D eigenvalue weighted by Crippen LogP contribution is 2.14. The van der Waals surface area contributed by atoms with Crippen molar-refractivity contribution in [2.45, 2.75) is 6.92 Å². The molecule has 1 aromatic rings. The monoisotopic (exact) mass is 216 g/mol. The molecule has 0 aromatic carbocycles. The van der Waals surface area contributed by atoms with Gasteiger partial charge in [0.1, 0.15) is 5.82 Å². The third kappa shape index (κ3) is 2.57. The van der Waals surface area contributed by atoms with Crippen LogP contribution in [0.1, 0.15) is 5.56 Å². The Kier molecular flexibility index (Phi) is 2.92. The van der Waals surface area contributed by atoms with E-state index in [0.717, 1.165) is 0 Å². The summed E-state index contributed by atoms with van der Waals surface area (Å²) in [6.07, 6.45) is 1.39. The lowest BCUT2D eigenvalue weighted by molar-refractivity contribution is 0.593. The summed E-state index contributed by atoms with van der Waals surface area (Å²) in [5.74, 6) is 0.272. The summed E-state index contributed by atoms with van der Waals surface area (Å²) in [5, 5.41) is 0. The van der Waals surface area contributed by atoms with Crippen molar-refractivity contribution >= 4 is 21.7 Å². The molecule has 6 nitrogen and oxygen atoms in total. The SMILES string of the molecule is CNS(=O)(=O)Nc1ncc(N)cc1C. The molecule has 78 valence electrons.